The molecule has 1 atom stereocenters. The zero-order valence-electron chi connectivity index (χ0n) is 9.66. The van der Waals surface area contributed by atoms with E-state index in [0.29, 0.717) is 5.92 Å². The molecule has 0 heterocycles. The molecule has 0 aliphatic carbocycles. The first-order valence-corrected chi connectivity index (χ1v) is 5.41. The number of benzene rings is 1. The maximum atomic E-state index is 10.3. The van der Waals surface area contributed by atoms with Crippen LogP contribution in [0.25, 0.3) is 5.57 Å². The van der Waals surface area contributed by atoms with Crippen LogP contribution < -0.4 is 0 Å². The molecule has 1 rings (SSSR count). The predicted molar refractivity (Wildman–Crippen MR) is 64.9 cm³/mol. The molecule has 0 N–H and O–H groups in total. The summed E-state index contributed by atoms with van der Waals surface area (Å²) in [4.78, 5) is 10.3. The average Bonchev–Trinajstić information content (AvgIpc) is 2.28. The van der Waals surface area contributed by atoms with Gasteiger partial charge in [0.15, 0.2) is 0 Å². The Bertz CT molecular complexity index is 346. The Hall–Kier alpha value is -1.37. The highest BCUT2D eigenvalue weighted by Crippen LogP contribution is 2.21. The number of rotatable bonds is 4. The number of hydrogen-bond donors (Lipinski definition) is 0. The van der Waals surface area contributed by atoms with Gasteiger partial charge in [-0.2, -0.15) is 0 Å². The molecule has 0 radical (unpaired) electrons. The van der Waals surface area contributed by atoms with Crippen LogP contribution in [0.15, 0.2) is 30.3 Å². The number of carbonyl (C=O) groups is 1. The van der Waals surface area contributed by atoms with Gasteiger partial charge in [0.2, 0.25) is 0 Å². The maximum Gasteiger partial charge on any atom is 0.143 e. The van der Waals surface area contributed by atoms with E-state index in [1.165, 1.54) is 5.56 Å². The quantitative estimate of drug-likeness (QED) is 0.536. The number of hydrogen-bond acceptors (Lipinski definition) is 1. The highest BCUT2D eigenvalue weighted by Gasteiger charge is 2.02. The summed E-state index contributed by atoms with van der Waals surface area (Å²) in [6.45, 7) is 6.37. The lowest BCUT2D eigenvalue weighted by atomic mass is 9.96. The van der Waals surface area contributed by atoms with Crippen LogP contribution in [0.4, 0.5) is 0 Å². The molecule has 0 aliphatic rings. The van der Waals surface area contributed by atoms with Crippen molar-refractivity contribution in [2.24, 2.45) is 0 Å². The fourth-order valence-electron chi connectivity index (χ4n) is 1.51. The molecule has 80 valence electrons. The Labute approximate surface area is 91.8 Å². The molecule has 15 heavy (non-hydrogen) atoms. The van der Waals surface area contributed by atoms with Crippen LogP contribution in [0, 0.1) is 0 Å². The van der Waals surface area contributed by atoms with E-state index in [2.05, 4.69) is 38.1 Å². The van der Waals surface area contributed by atoms with Gasteiger partial charge < -0.3 is 0 Å². The van der Waals surface area contributed by atoms with Gasteiger partial charge in [0.25, 0.3) is 0 Å². The topological polar surface area (TPSA) is 17.1 Å². The van der Waals surface area contributed by atoms with Gasteiger partial charge in [-0.3, -0.25) is 4.79 Å². The van der Waals surface area contributed by atoms with E-state index in [4.69, 9.17) is 0 Å². The second kappa shape index (κ2) is 5.50. The lowest BCUT2D eigenvalue weighted by molar-refractivity contribution is -0.104. The summed E-state index contributed by atoms with van der Waals surface area (Å²) in [5, 5.41) is 0. The Morgan fingerprint density at radius 3 is 2.40 bits per heavy atom. The Kier molecular flexibility index (Phi) is 4.29. The maximum absolute atomic E-state index is 10.3. The fourth-order valence-corrected chi connectivity index (χ4v) is 1.51. The molecule has 1 aromatic carbocycles. The summed E-state index contributed by atoms with van der Waals surface area (Å²) >= 11 is 0. The summed E-state index contributed by atoms with van der Waals surface area (Å²) in [7, 11) is 0. The average molecular weight is 202 g/mol. The normalized spacial score (nSPS) is 13.7. The molecule has 0 spiro atoms. The van der Waals surface area contributed by atoms with Crippen molar-refractivity contribution in [3.05, 3.63) is 41.5 Å². The molecule has 0 fully saturated rings. The fraction of sp³-hybridized carbons (Fsp3) is 0.357. The third kappa shape index (κ3) is 3.05. The van der Waals surface area contributed by atoms with Crippen molar-refractivity contribution in [1.82, 2.24) is 0 Å². The third-order valence-electron chi connectivity index (χ3n) is 2.87. The van der Waals surface area contributed by atoms with Gasteiger partial charge in [-0.05, 0) is 42.0 Å². The molecule has 1 heteroatoms. The predicted octanol–water partition coefficient (Wildman–Crippen LogP) is 3.80. The van der Waals surface area contributed by atoms with Crippen molar-refractivity contribution in [2.45, 2.75) is 33.1 Å². The van der Waals surface area contributed by atoms with E-state index in [-0.39, 0.29) is 0 Å². The van der Waals surface area contributed by atoms with Crippen molar-refractivity contribution in [1.29, 1.82) is 0 Å². The van der Waals surface area contributed by atoms with E-state index < -0.39 is 0 Å². The molecule has 0 bridgehead atoms. The van der Waals surface area contributed by atoms with Crippen molar-refractivity contribution in [2.75, 3.05) is 0 Å². The van der Waals surface area contributed by atoms with E-state index in [1.807, 2.05) is 6.92 Å². The van der Waals surface area contributed by atoms with Crippen LogP contribution in [-0.4, -0.2) is 6.29 Å². The van der Waals surface area contributed by atoms with Crippen molar-refractivity contribution in [3.8, 4) is 0 Å². The Morgan fingerprint density at radius 2 is 1.93 bits per heavy atom. The highest BCUT2D eigenvalue weighted by molar-refractivity contribution is 5.80. The van der Waals surface area contributed by atoms with Crippen molar-refractivity contribution in [3.63, 3.8) is 0 Å². The first-order valence-electron chi connectivity index (χ1n) is 5.41. The van der Waals surface area contributed by atoms with Gasteiger partial charge in [0.05, 0.1) is 0 Å². The summed E-state index contributed by atoms with van der Waals surface area (Å²) < 4.78 is 0. The third-order valence-corrected chi connectivity index (χ3v) is 2.87. The summed E-state index contributed by atoms with van der Waals surface area (Å²) in [6, 6.07) is 8.45. The van der Waals surface area contributed by atoms with Crippen molar-refractivity contribution < 1.29 is 4.79 Å². The molecule has 0 saturated carbocycles. The minimum Gasteiger partial charge on any atom is -0.299 e. The molecule has 0 amide bonds. The van der Waals surface area contributed by atoms with Crippen LogP contribution in [0.1, 0.15) is 44.2 Å². The van der Waals surface area contributed by atoms with Crippen LogP contribution in [0.2, 0.25) is 0 Å². The first-order chi connectivity index (χ1) is 7.19. The molecule has 0 aliphatic heterocycles. The molecule has 1 nitrogen and oxygen atoms in total. The van der Waals surface area contributed by atoms with Gasteiger partial charge in [-0.25, -0.2) is 0 Å². The second-order valence-electron chi connectivity index (χ2n) is 3.92. The number of aldehydes is 1. The van der Waals surface area contributed by atoms with E-state index in [9.17, 15) is 4.79 Å². The largest absolute Gasteiger partial charge is 0.299 e. The van der Waals surface area contributed by atoms with E-state index in [0.717, 1.165) is 23.8 Å². The van der Waals surface area contributed by atoms with Gasteiger partial charge >= 0.3 is 0 Å². The highest BCUT2D eigenvalue weighted by atomic mass is 16.1. The first kappa shape index (κ1) is 11.7. The molecule has 0 aromatic heterocycles. The van der Waals surface area contributed by atoms with Gasteiger partial charge in [-0.15, -0.1) is 0 Å². The molecular weight excluding hydrogens is 184 g/mol. The van der Waals surface area contributed by atoms with Gasteiger partial charge in [-0.1, -0.05) is 38.1 Å². The SMILES string of the molecule is CCC(C)c1ccc(/C(C)=C/C=O)cc1. The molecule has 1 aromatic rings. The van der Waals surface area contributed by atoms with Crippen molar-refractivity contribution >= 4 is 11.9 Å². The summed E-state index contributed by atoms with van der Waals surface area (Å²) in [6.07, 6.45) is 3.58. The van der Waals surface area contributed by atoms with Crippen LogP contribution >= 0.6 is 0 Å². The van der Waals surface area contributed by atoms with Gasteiger partial charge in [0, 0.05) is 0 Å². The van der Waals surface area contributed by atoms with E-state index in [1.54, 1.807) is 6.08 Å². The summed E-state index contributed by atoms with van der Waals surface area (Å²) in [5.74, 6) is 0.606. The number of carbonyl (C=O) groups excluding carboxylic acids is 1. The lowest BCUT2D eigenvalue weighted by Gasteiger charge is -2.09. The van der Waals surface area contributed by atoms with Crippen LogP contribution in [-0.2, 0) is 4.79 Å². The van der Waals surface area contributed by atoms with Crippen LogP contribution in [0.5, 0.6) is 0 Å². The minimum atomic E-state index is 0.606. The Balaban J connectivity index is 2.89. The molecule has 0 saturated heterocycles. The smallest absolute Gasteiger partial charge is 0.143 e. The monoisotopic (exact) mass is 202 g/mol. The van der Waals surface area contributed by atoms with Gasteiger partial charge in [0.1, 0.15) is 6.29 Å². The zero-order chi connectivity index (χ0) is 11.3. The minimum absolute atomic E-state index is 0.606. The summed E-state index contributed by atoms with van der Waals surface area (Å²) in [5.41, 5.74) is 3.50. The Morgan fingerprint density at radius 1 is 1.33 bits per heavy atom. The van der Waals surface area contributed by atoms with E-state index >= 15 is 0 Å². The molecule has 1 unspecified atom stereocenters. The second-order valence-corrected chi connectivity index (χ2v) is 3.92. The lowest BCUT2D eigenvalue weighted by Crippen LogP contribution is -1.91. The van der Waals surface area contributed by atoms with Crippen LogP contribution in [0.3, 0.4) is 0 Å². The zero-order valence-corrected chi connectivity index (χ0v) is 9.66. The standard InChI is InChI=1S/C14H18O/c1-4-11(2)13-5-7-14(8-6-13)12(3)9-10-15/h5-11H,4H2,1-3H3/b12-9+. The number of allylic oxidation sites excluding steroid dienone is 2. The molecular formula is C14H18O.